The van der Waals surface area contributed by atoms with Gasteiger partial charge in [0.1, 0.15) is 19.1 Å². The fraction of sp³-hybridized carbons (Fsp3) is 0.273. The van der Waals surface area contributed by atoms with Crippen molar-refractivity contribution >= 4 is 32.9 Å². The van der Waals surface area contributed by atoms with E-state index in [4.69, 9.17) is 14.6 Å². The number of allylic oxidation sites excluding steroid dienone is 1. The fourth-order valence-electron chi connectivity index (χ4n) is 3.04. The van der Waals surface area contributed by atoms with E-state index in [0.717, 1.165) is 40.0 Å². The number of aliphatic hydroxyl groups is 1. The number of aliphatic hydroxyl groups excluding tert-OH is 1. The zero-order valence-corrected chi connectivity index (χ0v) is 18.3. The van der Waals surface area contributed by atoms with Crippen LogP contribution < -0.4 is 20.8 Å². The first-order valence-corrected chi connectivity index (χ1v) is 10.1. The third kappa shape index (κ3) is 5.59. The molecule has 3 N–H and O–H groups in total. The number of carbonyl (C=O) groups excluding carboxylic acids is 2. The molecule has 3 rings (SSSR count). The number of hydrogen-bond acceptors (Lipinski definition) is 6. The van der Waals surface area contributed by atoms with Crippen LogP contribution in [0.1, 0.15) is 34.8 Å². The Labute approximate surface area is 179 Å². The highest BCUT2D eigenvalue weighted by atomic mass is 31.0. The first-order valence-electron chi connectivity index (χ1n) is 9.56. The number of nitrogens with one attached hydrogen (secondary N) is 2. The predicted molar refractivity (Wildman–Crippen MR) is 122 cm³/mol. The number of hydrazine groups is 1. The average molecular weight is 429 g/mol. The summed E-state index contributed by atoms with van der Waals surface area (Å²) in [4.78, 5) is 20.6. The van der Waals surface area contributed by atoms with E-state index in [9.17, 15) is 4.79 Å². The van der Waals surface area contributed by atoms with Crippen LogP contribution in [0.2, 0.25) is 0 Å². The summed E-state index contributed by atoms with van der Waals surface area (Å²) in [6, 6.07) is 11.5. The summed E-state index contributed by atoms with van der Waals surface area (Å²) in [6.45, 7) is 9.25. The smallest absolute Gasteiger partial charge is 0.272 e. The number of rotatable bonds is 9. The fourth-order valence-corrected chi connectivity index (χ4v) is 3.32. The second-order valence-electron chi connectivity index (χ2n) is 6.58. The number of carbonyl (C=O) groups is 2. The minimum absolute atomic E-state index is 0.0185. The molecule has 7 nitrogen and oxygen atoms in total. The lowest BCUT2D eigenvalue weighted by Gasteiger charge is -2.19. The molecule has 0 spiro atoms. The summed E-state index contributed by atoms with van der Waals surface area (Å²) in [5, 5.41) is 15.0. The minimum atomic E-state index is -0.0422. The molecule has 0 saturated carbocycles. The number of benzene rings is 2. The quantitative estimate of drug-likeness (QED) is 0.531. The number of ether oxygens (including phenoxy) is 1. The molecule has 30 heavy (non-hydrogen) atoms. The highest BCUT2D eigenvalue weighted by molar-refractivity contribution is 7.27. The summed E-state index contributed by atoms with van der Waals surface area (Å²) >= 11 is 0. The molecule has 0 saturated heterocycles. The van der Waals surface area contributed by atoms with E-state index in [0.29, 0.717) is 18.7 Å². The molecule has 2 aromatic carbocycles. The highest BCUT2D eigenvalue weighted by Crippen LogP contribution is 2.29. The first-order chi connectivity index (χ1) is 14.5. The summed E-state index contributed by atoms with van der Waals surface area (Å²) in [7, 11) is 2.72. The van der Waals surface area contributed by atoms with Gasteiger partial charge >= 0.3 is 0 Å². The molecule has 1 amide bonds. The summed E-state index contributed by atoms with van der Waals surface area (Å²) in [5.41, 5.74) is 7.57. The Morgan fingerprint density at radius 3 is 2.77 bits per heavy atom. The van der Waals surface area contributed by atoms with E-state index in [1.54, 1.807) is 5.01 Å². The maximum absolute atomic E-state index is 12.6. The maximum Gasteiger partial charge on any atom is 0.272 e. The van der Waals surface area contributed by atoms with E-state index in [-0.39, 0.29) is 19.1 Å². The third-order valence-electron chi connectivity index (χ3n) is 4.63. The van der Waals surface area contributed by atoms with Gasteiger partial charge in [-0.25, -0.2) is 5.01 Å². The second kappa shape index (κ2) is 11.3. The zero-order valence-electron chi connectivity index (χ0n) is 17.1. The molecule has 0 radical (unpaired) electrons. The van der Waals surface area contributed by atoms with Gasteiger partial charge in [0.2, 0.25) is 0 Å². The zero-order chi connectivity index (χ0) is 22.1. The van der Waals surface area contributed by atoms with Crippen LogP contribution in [0.3, 0.4) is 0 Å². The van der Waals surface area contributed by atoms with Crippen molar-refractivity contribution in [1.82, 2.24) is 10.4 Å². The van der Waals surface area contributed by atoms with E-state index in [2.05, 4.69) is 26.6 Å². The van der Waals surface area contributed by atoms with Crippen LogP contribution in [-0.2, 0) is 17.9 Å². The van der Waals surface area contributed by atoms with Crippen LogP contribution in [0.5, 0.6) is 5.75 Å². The van der Waals surface area contributed by atoms with Crippen LogP contribution >= 0.6 is 9.24 Å². The Balaban J connectivity index is 0.00000155. The van der Waals surface area contributed by atoms with Gasteiger partial charge in [-0.1, -0.05) is 25.6 Å². The van der Waals surface area contributed by atoms with Crippen LogP contribution in [-0.4, -0.2) is 36.0 Å². The monoisotopic (exact) mass is 429 g/mol. The largest absolute Gasteiger partial charge is 0.491 e. The van der Waals surface area contributed by atoms with E-state index < -0.39 is 0 Å². The first kappa shape index (κ1) is 23.4. The number of fused-ring (bicyclic) bond motifs is 1. The maximum atomic E-state index is 12.6. The molecule has 1 aliphatic rings. The van der Waals surface area contributed by atoms with Gasteiger partial charge in [0.15, 0.2) is 0 Å². The van der Waals surface area contributed by atoms with Crippen molar-refractivity contribution in [3.05, 3.63) is 65.4 Å². The van der Waals surface area contributed by atoms with Crippen LogP contribution in [0.15, 0.2) is 48.7 Å². The SMILES string of the molecule is C=C(CC)NN1Cc2c(NCc3cc(OCCO)ccc3P)cccc2C1=O.C=O. The van der Waals surface area contributed by atoms with Gasteiger partial charge < -0.3 is 25.4 Å². The summed E-state index contributed by atoms with van der Waals surface area (Å²) in [6.07, 6.45) is 0.761. The molecular weight excluding hydrogens is 401 g/mol. The lowest BCUT2D eigenvalue weighted by molar-refractivity contribution is -0.0980. The van der Waals surface area contributed by atoms with Gasteiger partial charge in [-0.3, -0.25) is 4.79 Å². The van der Waals surface area contributed by atoms with Crippen molar-refractivity contribution < 1.29 is 19.4 Å². The highest BCUT2D eigenvalue weighted by Gasteiger charge is 2.29. The molecule has 0 aliphatic carbocycles. The molecule has 160 valence electrons. The van der Waals surface area contributed by atoms with Gasteiger partial charge in [-0.15, -0.1) is 9.24 Å². The molecule has 1 unspecified atom stereocenters. The van der Waals surface area contributed by atoms with Gasteiger partial charge in [0, 0.05) is 29.1 Å². The Morgan fingerprint density at radius 2 is 2.07 bits per heavy atom. The van der Waals surface area contributed by atoms with Crippen molar-refractivity contribution in [1.29, 1.82) is 0 Å². The molecule has 8 heteroatoms. The number of anilines is 1. The Morgan fingerprint density at radius 1 is 1.30 bits per heavy atom. The molecule has 0 fully saturated rings. The molecular formula is C22H28N3O4P. The van der Waals surface area contributed by atoms with Gasteiger partial charge in [0.05, 0.1) is 13.2 Å². The van der Waals surface area contributed by atoms with Crippen molar-refractivity contribution in [2.24, 2.45) is 0 Å². The Bertz CT molecular complexity index is 904. The molecule has 1 aliphatic heterocycles. The lowest BCUT2D eigenvalue weighted by atomic mass is 10.1. The van der Waals surface area contributed by atoms with E-state index in [1.165, 1.54) is 0 Å². The Hall–Kier alpha value is -2.89. The summed E-state index contributed by atoms with van der Waals surface area (Å²) < 4.78 is 5.50. The number of hydrogen-bond donors (Lipinski definition) is 3. The third-order valence-corrected chi connectivity index (χ3v) is 5.19. The Kier molecular flexibility index (Phi) is 8.84. The number of nitrogens with zero attached hydrogens (tertiary/aromatic N) is 1. The topological polar surface area (TPSA) is 90.9 Å². The van der Waals surface area contributed by atoms with Crippen LogP contribution in [0, 0.1) is 0 Å². The van der Waals surface area contributed by atoms with Crippen LogP contribution in [0.25, 0.3) is 0 Å². The normalized spacial score (nSPS) is 12.0. The second-order valence-corrected chi connectivity index (χ2v) is 7.20. The summed E-state index contributed by atoms with van der Waals surface area (Å²) in [5.74, 6) is 0.679. The molecule has 2 aromatic rings. The number of amides is 1. The van der Waals surface area contributed by atoms with Crippen molar-refractivity contribution in [3.8, 4) is 5.75 Å². The standard InChI is InChI=1S/C21H26N3O3P.CH2O/c1-3-14(2)23-24-13-18-17(21(24)26)5-4-6-19(18)22-12-15-11-16(27-10-9-25)7-8-20(15)28;1-2/h4-8,11,22-23,25H,2-3,9-10,12-13,28H2,1H3;1H2. The van der Waals surface area contributed by atoms with Gasteiger partial charge in [0.25, 0.3) is 5.91 Å². The van der Waals surface area contributed by atoms with Gasteiger partial charge in [-0.05, 0) is 41.6 Å². The average Bonchev–Trinajstić information content (AvgIpc) is 3.09. The van der Waals surface area contributed by atoms with E-state index in [1.807, 2.05) is 50.1 Å². The van der Waals surface area contributed by atoms with Gasteiger partial charge in [-0.2, -0.15) is 0 Å². The minimum Gasteiger partial charge on any atom is -0.491 e. The molecule has 0 bridgehead atoms. The van der Waals surface area contributed by atoms with Crippen molar-refractivity contribution in [2.75, 3.05) is 18.5 Å². The molecule has 1 heterocycles. The van der Waals surface area contributed by atoms with Crippen molar-refractivity contribution in [2.45, 2.75) is 26.4 Å². The van der Waals surface area contributed by atoms with Crippen LogP contribution in [0.4, 0.5) is 5.69 Å². The predicted octanol–water partition coefficient (Wildman–Crippen LogP) is 2.37. The van der Waals surface area contributed by atoms with Crippen molar-refractivity contribution in [3.63, 3.8) is 0 Å². The van der Waals surface area contributed by atoms with E-state index >= 15 is 0 Å². The molecule has 0 aromatic heterocycles. The molecule has 1 atom stereocenters. The lowest BCUT2D eigenvalue weighted by Crippen LogP contribution is -2.37.